The van der Waals surface area contributed by atoms with Crippen molar-refractivity contribution in [1.29, 1.82) is 0 Å². The van der Waals surface area contributed by atoms with Gasteiger partial charge in [-0.2, -0.15) is 0 Å². The van der Waals surface area contributed by atoms with Gasteiger partial charge in [-0.05, 0) is 38.5 Å². The Balaban J connectivity index is 1.50. The number of amides is 1. The minimum atomic E-state index is -0.237. The minimum absolute atomic E-state index is 0.0349. The monoisotopic (exact) mass is 340 g/mol. The van der Waals surface area contributed by atoms with Gasteiger partial charge in [0.25, 0.3) is 0 Å². The predicted octanol–water partition coefficient (Wildman–Crippen LogP) is 3.09. The van der Waals surface area contributed by atoms with Crippen molar-refractivity contribution in [2.24, 2.45) is 0 Å². The molecule has 0 unspecified atom stereocenters. The zero-order valence-electron chi connectivity index (χ0n) is 14.9. The van der Waals surface area contributed by atoms with Gasteiger partial charge in [0.05, 0.1) is 12.5 Å². The number of rotatable bonds is 6. The molecule has 1 aliphatic heterocycles. The molecule has 0 aliphatic carbocycles. The molecule has 5 nitrogen and oxygen atoms in total. The first kappa shape index (κ1) is 17.3. The first-order valence-corrected chi connectivity index (χ1v) is 8.57. The Bertz CT molecular complexity index is 744. The Labute approximate surface area is 148 Å². The standard InChI is InChI=1S/C20H24N2O3/c1-14(16-7-5-9-21-13-16)19(23)22-10-11-24-17-8-4-6-15-12-20(2,3)25-18(15)17/h4-9,13-14H,10-12H2,1-3H3,(H,22,23)/t14-/m1/s1. The van der Waals surface area contributed by atoms with Crippen LogP contribution in [0.1, 0.15) is 37.8 Å². The van der Waals surface area contributed by atoms with E-state index < -0.39 is 0 Å². The highest BCUT2D eigenvalue weighted by atomic mass is 16.5. The zero-order chi connectivity index (χ0) is 17.9. The summed E-state index contributed by atoms with van der Waals surface area (Å²) >= 11 is 0. The fraction of sp³-hybridized carbons (Fsp3) is 0.400. The Morgan fingerprint density at radius 1 is 1.36 bits per heavy atom. The molecule has 3 rings (SSSR count). The maximum atomic E-state index is 12.2. The molecule has 0 fully saturated rings. The molecule has 2 aromatic rings. The topological polar surface area (TPSA) is 60.5 Å². The molecule has 1 amide bonds. The van der Waals surface area contributed by atoms with Gasteiger partial charge in [0.15, 0.2) is 11.5 Å². The van der Waals surface area contributed by atoms with Crippen molar-refractivity contribution in [3.8, 4) is 11.5 Å². The third-order valence-corrected chi connectivity index (χ3v) is 4.29. The van der Waals surface area contributed by atoms with Crippen molar-refractivity contribution >= 4 is 5.91 Å². The number of hydrogen-bond acceptors (Lipinski definition) is 4. The summed E-state index contributed by atoms with van der Waals surface area (Å²) in [7, 11) is 0. The van der Waals surface area contributed by atoms with Gasteiger partial charge in [-0.15, -0.1) is 0 Å². The SMILES string of the molecule is C[C@@H](C(=O)NCCOc1cccc2c1OC(C)(C)C2)c1cccnc1. The summed E-state index contributed by atoms with van der Waals surface area (Å²) in [5.74, 6) is 1.28. The van der Waals surface area contributed by atoms with Crippen LogP contribution in [0.4, 0.5) is 0 Å². The highest BCUT2D eigenvalue weighted by Gasteiger charge is 2.32. The summed E-state index contributed by atoms with van der Waals surface area (Å²) < 4.78 is 11.8. The van der Waals surface area contributed by atoms with Crippen molar-refractivity contribution < 1.29 is 14.3 Å². The third-order valence-electron chi connectivity index (χ3n) is 4.29. The predicted molar refractivity (Wildman–Crippen MR) is 96.0 cm³/mol. The van der Waals surface area contributed by atoms with E-state index in [4.69, 9.17) is 9.47 Å². The fourth-order valence-corrected chi connectivity index (χ4v) is 2.97. The molecule has 0 saturated carbocycles. The molecule has 0 radical (unpaired) electrons. The number of para-hydroxylation sites is 1. The molecular weight excluding hydrogens is 316 g/mol. The van der Waals surface area contributed by atoms with Crippen LogP contribution in [0.15, 0.2) is 42.7 Å². The third kappa shape index (κ3) is 4.10. The van der Waals surface area contributed by atoms with Gasteiger partial charge in [-0.3, -0.25) is 9.78 Å². The lowest BCUT2D eigenvalue weighted by molar-refractivity contribution is -0.122. The number of nitrogens with one attached hydrogen (secondary N) is 1. The molecule has 1 N–H and O–H groups in total. The Morgan fingerprint density at radius 2 is 2.20 bits per heavy atom. The fourth-order valence-electron chi connectivity index (χ4n) is 2.97. The van der Waals surface area contributed by atoms with Crippen LogP contribution in [0, 0.1) is 0 Å². The zero-order valence-corrected chi connectivity index (χ0v) is 14.9. The minimum Gasteiger partial charge on any atom is -0.488 e. The van der Waals surface area contributed by atoms with E-state index in [0.717, 1.165) is 29.0 Å². The molecule has 5 heteroatoms. The largest absolute Gasteiger partial charge is 0.488 e. The first-order chi connectivity index (χ1) is 12.0. The molecule has 1 atom stereocenters. The second kappa shape index (κ2) is 7.13. The molecule has 1 aromatic carbocycles. The molecule has 2 heterocycles. The average Bonchev–Trinajstić information content (AvgIpc) is 2.93. The number of carbonyl (C=O) groups excluding carboxylic acids is 1. The van der Waals surface area contributed by atoms with Crippen molar-refractivity contribution in [1.82, 2.24) is 10.3 Å². The molecule has 0 spiro atoms. The van der Waals surface area contributed by atoms with E-state index in [1.54, 1.807) is 12.4 Å². The number of ether oxygens (including phenoxy) is 2. The van der Waals surface area contributed by atoms with E-state index in [1.165, 1.54) is 0 Å². The lowest BCUT2D eigenvalue weighted by Crippen LogP contribution is -2.31. The number of pyridine rings is 1. The highest BCUT2D eigenvalue weighted by Crippen LogP contribution is 2.41. The van der Waals surface area contributed by atoms with Crippen molar-refractivity contribution in [3.05, 3.63) is 53.9 Å². The van der Waals surface area contributed by atoms with E-state index in [2.05, 4.69) is 30.2 Å². The van der Waals surface area contributed by atoms with Crippen LogP contribution >= 0.6 is 0 Å². The van der Waals surface area contributed by atoms with Crippen LogP contribution in [-0.2, 0) is 11.2 Å². The van der Waals surface area contributed by atoms with E-state index in [1.807, 2.05) is 31.2 Å². The van der Waals surface area contributed by atoms with E-state index >= 15 is 0 Å². The van der Waals surface area contributed by atoms with E-state index in [-0.39, 0.29) is 17.4 Å². The molecule has 25 heavy (non-hydrogen) atoms. The normalized spacial score (nSPS) is 15.8. The van der Waals surface area contributed by atoms with E-state index in [0.29, 0.717) is 13.2 Å². The van der Waals surface area contributed by atoms with Crippen molar-refractivity contribution in [2.45, 2.75) is 38.7 Å². The molecule has 0 bridgehead atoms. The van der Waals surface area contributed by atoms with Gasteiger partial charge in [-0.1, -0.05) is 18.2 Å². The quantitative estimate of drug-likeness (QED) is 0.821. The van der Waals surface area contributed by atoms with Gasteiger partial charge in [0.1, 0.15) is 12.2 Å². The maximum absolute atomic E-state index is 12.2. The number of hydrogen-bond donors (Lipinski definition) is 1. The number of aromatic nitrogens is 1. The summed E-state index contributed by atoms with van der Waals surface area (Å²) in [6.45, 7) is 6.84. The lowest BCUT2D eigenvalue weighted by atomic mass is 10.0. The Kier molecular flexibility index (Phi) is 4.93. The Morgan fingerprint density at radius 3 is 2.96 bits per heavy atom. The number of nitrogens with zero attached hydrogens (tertiary/aromatic N) is 1. The van der Waals surface area contributed by atoms with Gasteiger partial charge < -0.3 is 14.8 Å². The maximum Gasteiger partial charge on any atom is 0.227 e. The summed E-state index contributed by atoms with van der Waals surface area (Å²) in [6, 6.07) is 9.68. The second-order valence-corrected chi connectivity index (χ2v) is 6.93. The van der Waals surface area contributed by atoms with Crippen LogP contribution in [0.2, 0.25) is 0 Å². The van der Waals surface area contributed by atoms with Crippen LogP contribution in [0.5, 0.6) is 11.5 Å². The first-order valence-electron chi connectivity index (χ1n) is 8.57. The number of carbonyl (C=O) groups is 1. The van der Waals surface area contributed by atoms with Gasteiger partial charge >= 0.3 is 0 Å². The van der Waals surface area contributed by atoms with Gasteiger partial charge in [0.2, 0.25) is 5.91 Å². The van der Waals surface area contributed by atoms with Gasteiger partial charge in [-0.25, -0.2) is 0 Å². The Hall–Kier alpha value is -2.56. The molecule has 132 valence electrons. The molecular formula is C20H24N2O3. The summed E-state index contributed by atoms with van der Waals surface area (Å²) in [6.07, 6.45) is 4.29. The van der Waals surface area contributed by atoms with Crippen molar-refractivity contribution in [2.75, 3.05) is 13.2 Å². The summed E-state index contributed by atoms with van der Waals surface area (Å²) in [4.78, 5) is 16.3. The summed E-state index contributed by atoms with van der Waals surface area (Å²) in [5, 5.41) is 2.90. The number of benzene rings is 1. The van der Waals surface area contributed by atoms with E-state index in [9.17, 15) is 4.79 Å². The summed E-state index contributed by atoms with van der Waals surface area (Å²) in [5.41, 5.74) is 1.86. The molecule has 1 aliphatic rings. The van der Waals surface area contributed by atoms with Crippen LogP contribution in [0.25, 0.3) is 0 Å². The smallest absolute Gasteiger partial charge is 0.227 e. The lowest BCUT2D eigenvalue weighted by Gasteiger charge is -2.18. The highest BCUT2D eigenvalue weighted by molar-refractivity contribution is 5.83. The van der Waals surface area contributed by atoms with Crippen LogP contribution < -0.4 is 14.8 Å². The average molecular weight is 340 g/mol. The molecule has 1 aromatic heterocycles. The number of fused-ring (bicyclic) bond motifs is 1. The van der Waals surface area contributed by atoms with Crippen LogP contribution in [0.3, 0.4) is 0 Å². The second-order valence-electron chi connectivity index (χ2n) is 6.93. The van der Waals surface area contributed by atoms with Crippen LogP contribution in [-0.4, -0.2) is 29.6 Å². The van der Waals surface area contributed by atoms with Gasteiger partial charge in [0, 0.05) is 24.4 Å². The van der Waals surface area contributed by atoms with Crippen molar-refractivity contribution in [3.63, 3.8) is 0 Å². The molecule has 0 saturated heterocycles.